The van der Waals surface area contributed by atoms with Gasteiger partial charge in [0.1, 0.15) is 30.4 Å². The fourth-order valence-corrected chi connectivity index (χ4v) is 9.87. The summed E-state index contributed by atoms with van der Waals surface area (Å²) < 4.78 is 84.9. The van der Waals surface area contributed by atoms with Gasteiger partial charge in [-0.05, 0) is 147 Å². The summed E-state index contributed by atoms with van der Waals surface area (Å²) in [5.41, 5.74) is 4.29. The van der Waals surface area contributed by atoms with E-state index in [1.165, 1.54) is 36.9 Å². The van der Waals surface area contributed by atoms with Crippen LogP contribution in [0, 0.1) is 19.3 Å². The monoisotopic (exact) mass is 1200 g/mol. The molecule has 2 aromatic carbocycles. The minimum atomic E-state index is -4.58. The van der Waals surface area contributed by atoms with Crippen molar-refractivity contribution in [1.29, 1.82) is 0 Å². The van der Waals surface area contributed by atoms with Crippen molar-refractivity contribution >= 4 is 35.4 Å². The van der Waals surface area contributed by atoms with Gasteiger partial charge in [0.15, 0.2) is 0 Å². The average molecular weight is 1200 g/mol. The van der Waals surface area contributed by atoms with E-state index in [2.05, 4.69) is 66.4 Å². The molecular formula is C63H76F6N8O9. The number of aryl methyl sites for hydroxylation is 3. The number of aromatic nitrogens is 3. The van der Waals surface area contributed by atoms with Crippen LogP contribution in [0.1, 0.15) is 85.0 Å². The number of aromatic hydroxyl groups is 1. The summed E-state index contributed by atoms with van der Waals surface area (Å²) in [6, 6.07) is 27.1. The number of aliphatic hydroxyl groups is 1. The summed E-state index contributed by atoms with van der Waals surface area (Å²) >= 11 is 0. The first-order chi connectivity index (χ1) is 40.7. The van der Waals surface area contributed by atoms with Gasteiger partial charge in [0.05, 0.1) is 50.6 Å². The zero-order chi connectivity index (χ0) is 61.2. The second kappa shape index (κ2) is 34.6. The largest absolute Gasteiger partial charge is 0.508 e. The number of aliphatic hydroxyl groups excluding tert-OH is 1. The number of phenols is 1. The van der Waals surface area contributed by atoms with Crippen LogP contribution in [0.15, 0.2) is 139 Å². The Morgan fingerprint density at radius 1 is 0.698 bits per heavy atom. The highest BCUT2D eigenvalue weighted by molar-refractivity contribution is 5.95. The van der Waals surface area contributed by atoms with Crippen molar-refractivity contribution in [3.63, 3.8) is 0 Å². The quantitative estimate of drug-likeness (QED) is 0.0269. The lowest BCUT2D eigenvalue weighted by molar-refractivity contribution is -0.686. The third kappa shape index (κ3) is 24.0. The molecular weight excluding hydrogens is 1130 g/mol. The van der Waals surface area contributed by atoms with Crippen molar-refractivity contribution < 1.29 is 75.3 Å². The molecule has 5 aliphatic rings. The van der Waals surface area contributed by atoms with Crippen LogP contribution in [0.25, 0.3) is 0 Å². The molecule has 23 heteroatoms. The number of carbonyl (C=O) groups excluding carboxylic acids is 2. The van der Waals surface area contributed by atoms with E-state index in [0.29, 0.717) is 44.4 Å². The highest BCUT2D eigenvalue weighted by Gasteiger charge is 2.40. The van der Waals surface area contributed by atoms with Gasteiger partial charge < -0.3 is 47.3 Å². The van der Waals surface area contributed by atoms with Crippen LogP contribution < -0.4 is 14.6 Å². The first kappa shape index (κ1) is 68.4. The van der Waals surface area contributed by atoms with E-state index in [1.54, 1.807) is 30.6 Å². The van der Waals surface area contributed by atoms with Crippen LogP contribution in [-0.2, 0) is 64.5 Å². The van der Waals surface area contributed by atoms with Gasteiger partial charge in [-0.25, -0.2) is 4.57 Å². The van der Waals surface area contributed by atoms with Crippen molar-refractivity contribution in [2.45, 2.75) is 109 Å². The molecule has 0 fully saturated rings. The van der Waals surface area contributed by atoms with Crippen molar-refractivity contribution in [3.8, 4) is 11.5 Å². The zero-order valence-electron chi connectivity index (χ0n) is 48.1. The Morgan fingerprint density at radius 3 is 1.83 bits per heavy atom. The summed E-state index contributed by atoms with van der Waals surface area (Å²) in [5.74, 6) is -3.42. The molecule has 5 aliphatic heterocycles. The topological polar surface area (TPSA) is 222 Å². The summed E-state index contributed by atoms with van der Waals surface area (Å²) in [7, 11) is 0. The maximum Gasteiger partial charge on any atom is 0.406 e. The summed E-state index contributed by atoms with van der Waals surface area (Å²) in [4.78, 5) is 63.1. The molecule has 0 saturated heterocycles. The number of phenolic OH excluding ortho intramolecular Hbond substituents is 1. The van der Waals surface area contributed by atoms with Gasteiger partial charge in [0, 0.05) is 75.3 Å². The smallest absolute Gasteiger partial charge is 0.406 e. The lowest BCUT2D eigenvalue weighted by atomic mass is 9.94. The van der Waals surface area contributed by atoms with Crippen LogP contribution >= 0.6 is 0 Å². The van der Waals surface area contributed by atoms with E-state index in [4.69, 9.17) is 20.1 Å². The normalized spacial score (nSPS) is 16.6. The van der Waals surface area contributed by atoms with E-state index in [1.807, 2.05) is 48.6 Å². The molecule has 2 amide bonds. The number of carbonyl (C=O) groups is 4. The number of nitrogens with one attached hydrogen (secondary N) is 1. The van der Waals surface area contributed by atoms with Crippen molar-refractivity contribution in [3.05, 3.63) is 175 Å². The van der Waals surface area contributed by atoms with Crippen molar-refractivity contribution in [2.75, 3.05) is 51.3 Å². The van der Waals surface area contributed by atoms with Crippen LogP contribution in [-0.4, -0.2) is 133 Å². The number of amides is 2. The van der Waals surface area contributed by atoms with Crippen LogP contribution in [0.3, 0.4) is 0 Å². The van der Waals surface area contributed by atoms with Gasteiger partial charge in [-0.1, -0.05) is 36.4 Å². The number of fused-ring (bicyclic) bond motifs is 4. The highest BCUT2D eigenvalue weighted by Crippen LogP contribution is 2.32. The number of anilines is 1. The van der Waals surface area contributed by atoms with Gasteiger partial charge in [-0.2, -0.15) is 26.3 Å². The number of unbranched alkanes of at least 4 members (excludes halogenated alkanes) is 2. The molecule has 0 aliphatic carbocycles. The number of ether oxygens (including phenoxy) is 1. The highest BCUT2D eigenvalue weighted by atomic mass is 19.4. The van der Waals surface area contributed by atoms with Crippen molar-refractivity contribution in [2.24, 2.45) is 16.8 Å². The number of amidine groups is 1. The number of aliphatic imine (C=N–C) groups is 1. The number of nitrogens with zero attached hydrogens (tertiary/aromatic N) is 7. The number of carboxylic acid groups (broad SMARTS) is 2. The molecule has 464 valence electrons. The Morgan fingerprint density at radius 2 is 1.28 bits per heavy atom. The Balaban J connectivity index is 0.000000214. The van der Waals surface area contributed by atoms with Gasteiger partial charge >= 0.3 is 24.3 Å². The first-order valence-electron chi connectivity index (χ1n) is 28.2. The van der Waals surface area contributed by atoms with Gasteiger partial charge in [0.25, 0.3) is 5.82 Å². The van der Waals surface area contributed by atoms with Gasteiger partial charge in [-0.3, -0.25) is 39.5 Å². The molecule has 0 spiro atoms. The minimum Gasteiger partial charge on any atom is -0.508 e. The number of halogens is 6. The molecule has 0 radical (unpaired) electrons. The maximum atomic E-state index is 13.0. The fraction of sp³-hybridized carbons (Fsp3) is 0.413. The predicted molar refractivity (Wildman–Crippen MR) is 311 cm³/mol. The lowest BCUT2D eigenvalue weighted by Gasteiger charge is -2.25. The predicted octanol–water partition coefficient (Wildman–Crippen LogP) is 9.76. The Labute approximate surface area is 497 Å². The molecule has 17 nitrogen and oxygen atoms in total. The van der Waals surface area contributed by atoms with Crippen LogP contribution in [0.4, 0.5) is 32.2 Å². The number of hydrogen-bond donors (Lipinski definition) is 5. The van der Waals surface area contributed by atoms with Gasteiger partial charge in [0.2, 0.25) is 11.8 Å². The number of benzene rings is 2. The minimum absolute atomic E-state index is 0. The summed E-state index contributed by atoms with van der Waals surface area (Å²) in [6.07, 6.45) is 11.6. The molecule has 2 unspecified atom stereocenters. The second-order valence-corrected chi connectivity index (χ2v) is 20.7. The van der Waals surface area contributed by atoms with E-state index in [0.717, 1.165) is 81.9 Å². The first-order valence-corrected chi connectivity index (χ1v) is 28.2. The number of pyridine rings is 3. The molecule has 0 saturated carbocycles. The zero-order valence-corrected chi connectivity index (χ0v) is 48.1. The molecule has 0 bridgehead atoms. The van der Waals surface area contributed by atoms with E-state index in [-0.39, 0.29) is 45.7 Å². The molecule has 3 aromatic heterocycles. The third-order valence-electron chi connectivity index (χ3n) is 13.9. The Kier molecular flexibility index (Phi) is 27.5. The van der Waals surface area contributed by atoms with Crippen molar-refractivity contribution in [1.82, 2.24) is 24.7 Å². The van der Waals surface area contributed by atoms with E-state index in [9.17, 15) is 50.6 Å². The Hall–Kier alpha value is -8.34. The van der Waals surface area contributed by atoms with Gasteiger partial charge in [-0.15, -0.1) is 0 Å². The number of carboxylic acids is 2. The molecule has 5 aromatic rings. The molecule has 86 heavy (non-hydrogen) atoms. The molecule has 10 rings (SSSR count). The Bertz CT molecular complexity index is 3010. The number of rotatable bonds is 16. The molecule has 8 heterocycles. The third-order valence-corrected chi connectivity index (χ3v) is 13.9. The van der Waals surface area contributed by atoms with Crippen LogP contribution in [0.5, 0.6) is 11.5 Å². The van der Waals surface area contributed by atoms with E-state index >= 15 is 0 Å². The second-order valence-electron chi connectivity index (χ2n) is 20.7. The molecule has 2 atom stereocenters. The number of allylic oxidation sites excluding steroid dienone is 2. The average Bonchev–Trinajstić information content (AvgIpc) is 2.77. The maximum absolute atomic E-state index is 13.0. The molecule has 5 N–H and O–H groups in total. The number of hydrogen-bond acceptors (Lipinski definition) is 12. The standard InChI is InChI=1S/C23H25F3N2O4.C14H14F3NO4.C9H13NO.2C8H10N2.CH3/c24-23(25,26)15-28-14-18-12-20(32-10-4-2-6-19-5-1-3-9-27-19)8-7-16(18)11-17(22(28)31)13-21(29)30;15-14(16,17)7-18-6-10-4-11(19)2-1-8(10)3-9(13(18)22)5-12(20)21;11-8-4-2-6-9-5-1-3-7-10-9;2*1-2-6-10-7-3-5-9-8(10)4-1;/h1,3,5,7-9,12,17H,2,4,6,10-11,13-15H2,(H,29,30);1-2,4,9,19H,3,5-7H2,(H,20,21);1,3,5,7,11H,2,4,6,8H2;2*1-2,4,6H,3,5,7H2;1H3/q;;;;;-1/p+1. The summed E-state index contributed by atoms with van der Waals surface area (Å²) in [5, 5.41) is 39.2. The number of aliphatic carboxylic acids is 2. The lowest BCUT2D eigenvalue weighted by Crippen LogP contribution is -2.41. The van der Waals surface area contributed by atoms with Crippen LogP contribution in [0.2, 0.25) is 0 Å². The number of alkyl halides is 6. The van der Waals surface area contributed by atoms with E-state index < -0.39 is 73.9 Å². The summed E-state index contributed by atoms with van der Waals surface area (Å²) in [6.45, 7) is 1.71. The fourth-order valence-electron chi connectivity index (χ4n) is 9.87. The SMILES string of the molecule is C1=CC2=NCCCN2C=C1.O=C(O)CC1Cc2ccc(O)cc2CN(CC(F)(F)F)C1=O.O=C(O)CC1Cc2ccc(OCCCCc3ccccn3)cc2CN(CC(F)(F)F)C1=O.OCCCCc1ccccn1.[CH3-].c1cc[n+]2c(c1)NCCC2.